The summed E-state index contributed by atoms with van der Waals surface area (Å²) in [6.45, 7) is -0.268. The summed E-state index contributed by atoms with van der Waals surface area (Å²) >= 11 is 10.1. The lowest BCUT2D eigenvalue weighted by Gasteiger charge is -2.10. The first-order valence-electron chi connectivity index (χ1n) is 9.46. The van der Waals surface area contributed by atoms with E-state index in [0.29, 0.717) is 30.1 Å². The lowest BCUT2D eigenvalue weighted by Crippen LogP contribution is -2.35. The summed E-state index contributed by atoms with van der Waals surface area (Å²) in [5.74, 6) is -1.21. The Hall–Kier alpha value is -2.82. The van der Waals surface area contributed by atoms with Crippen molar-refractivity contribution in [1.82, 2.24) is 10.7 Å². The van der Waals surface area contributed by atoms with E-state index in [0.717, 1.165) is 0 Å². The Morgan fingerprint density at radius 1 is 0.909 bits per heavy atom. The van der Waals surface area contributed by atoms with Gasteiger partial charge in [-0.3, -0.25) is 9.59 Å². The Bertz CT molecular complexity index is 1220. The molecule has 0 heterocycles. The Labute approximate surface area is 215 Å². The molecule has 0 unspecified atom stereocenters. The third-order valence-corrected chi connectivity index (χ3v) is 5.90. The number of hydrazone groups is 1. The van der Waals surface area contributed by atoms with Gasteiger partial charge in [-0.05, 0) is 68.3 Å². The molecule has 0 saturated heterocycles. The molecule has 3 aromatic rings. The fourth-order valence-corrected chi connectivity index (χ4v) is 4.43. The minimum atomic E-state index is -0.535. The summed E-state index contributed by atoms with van der Waals surface area (Å²) in [5, 5.41) is 6.44. The van der Waals surface area contributed by atoms with Gasteiger partial charge in [-0.1, -0.05) is 46.3 Å². The monoisotopic (exact) mass is 635 g/mol. The van der Waals surface area contributed by atoms with Gasteiger partial charge in [0.05, 0.1) is 28.4 Å². The minimum absolute atomic E-state index is 0.243. The number of halogens is 3. The second kappa shape index (κ2) is 11.9. The van der Waals surface area contributed by atoms with Crippen molar-refractivity contribution in [3.63, 3.8) is 0 Å². The maximum atomic E-state index is 12.5. The number of amides is 2. The fourth-order valence-electron chi connectivity index (χ4n) is 2.62. The van der Waals surface area contributed by atoms with E-state index in [1.807, 2.05) is 0 Å². The average molecular weight is 638 g/mol. The van der Waals surface area contributed by atoms with Crippen LogP contribution in [0, 0.1) is 0 Å². The van der Waals surface area contributed by atoms with Crippen LogP contribution in [-0.4, -0.2) is 30.5 Å². The maximum Gasteiger partial charge on any atom is 0.343 e. The average Bonchev–Trinajstić information content (AvgIpc) is 2.80. The van der Waals surface area contributed by atoms with Crippen molar-refractivity contribution >= 4 is 71.8 Å². The summed E-state index contributed by atoms with van der Waals surface area (Å²) in [5.41, 5.74) is 3.59. The highest BCUT2D eigenvalue weighted by atomic mass is 79.9. The van der Waals surface area contributed by atoms with E-state index >= 15 is 0 Å². The van der Waals surface area contributed by atoms with Crippen LogP contribution in [0.5, 0.6) is 5.75 Å². The van der Waals surface area contributed by atoms with Crippen molar-refractivity contribution in [2.24, 2.45) is 5.10 Å². The third-order valence-electron chi connectivity index (χ3n) is 4.16. The topological polar surface area (TPSA) is 96.9 Å². The second-order valence-electron chi connectivity index (χ2n) is 6.52. The van der Waals surface area contributed by atoms with Crippen LogP contribution in [-0.2, 0) is 4.79 Å². The zero-order valence-corrected chi connectivity index (χ0v) is 21.6. The Morgan fingerprint density at radius 2 is 1.61 bits per heavy atom. The van der Waals surface area contributed by atoms with Gasteiger partial charge in [-0.25, -0.2) is 10.2 Å². The van der Waals surface area contributed by atoms with Crippen molar-refractivity contribution in [1.29, 1.82) is 0 Å². The summed E-state index contributed by atoms with van der Waals surface area (Å²) < 4.78 is 7.40. The molecule has 0 bridgehead atoms. The molecule has 0 aromatic heterocycles. The number of rotatable bonds is 7. The molecule has 0 aliphatic rings. The lowest BCUT2D eigenvalue weighted by atomic mass is 10.2. The zero-order chi connectivity index (χ0) is 23.8. The molecule has 7 nitrogen and oxygen atoms in total. The molecule has 33 heavy (non-hydrogen) atoms. The van der Waals surface area contributed by atoms with Crippen LogP contribution in [0.15, 0.2) is 85.2 Å². The quantitative estimate of drug-likeness (QED) is 0.164. The Balaban J connectivity index is 1.64. The normalized spacial score (nSPS) is 10.6. The van der Waals surface area contributed by atoms with Gasteiger partial charge >= 0.3 is 5.97 Å². The fraction of sp³-hybridized carbons (Fsp3) is 0.0435. The largest absolute Gasteiger partial charge is 0.421 e. The van der Waals surface area contributed by atoms with Gasteiger partial charge < -0.3 is 10.1 Å². The number of hydrogen-bond acceptors (Lipinski definition) is 5. The molecular formula is C23H16Br3N3O4. The van der Waals surface area contributed by atoms with Gasteiger partial charge in [-0.15, -0.1) is 0 Å². The van der Waals surface area contributed by atoms with E-state index in [9.17, 15) is 14.4 Å². The molecule has 0 spiro atoms. The smallest absolute Gasteiger partial charge is 0.343 e. The van der Waals surface area contributed by atoms with Crippen LogP contribution in [0.3, 0.4) is 0 Å². The molecule has 0 atom stereocenters. The van der Waals surface area contributed by atoms with Crippen LogP contribution < -0.4 is 15.5 Å². The summed E-state index contributed by atoms with van der Waals surface area (Å²) in [4.78, 5) is 36.7. The zero-order valence-electron chi connectivity index (χ0n) is 16.8. The molecule has 3 rings (SSSR count). The van der Waals surface area contributed by atoms with Gasteiger partial charge in [0.15, 0.2) is 5.75 Å². The van der Waals surface area contributed by atoms with Crippen LogP contribution in [0.2, 0.25) is 0 Å². The van der Waals surface area contributed by atoms with E-state index in [2.05, 4.69) is 63.6 Å². The van der Waals surface area contributed by atoms with E-state index < -0.39 is 17.8 Å². The first-order valence-corrected chi connectivity index (χ1v) is 11.8. The Morgan fingerprint density at radius 3 is 2.33 bits per heavy atom. The van der Waals surface area contributed by atoms with Crippen molar-refractivity contribution in [3.05, 3.63) is 96.8 Å². The summed E-state index contributed by atoms with van der Waals surface area (Å²) in [7, 11) is 0. The highest BCUT2D eigenvalue weighted by molar-refractivity contribution is 9.11. The van der Waals surface area contributed by atoms with Crippen molar-refractivity contribution in [2.75, 3.05) is 6.54 Å². The molecule has 3 aromatic carbocycles. The molecule has 0 saturated carbocycles. The predicted octanol–water partition coefficient (Wildman–Crippen LogP) is 5.07. The number of hydrogen-bond donors (Lipinski definition) is 2. The number of esters is 1. The van der Waals surface area contributed by atoms with E-state index in [-0.39, 0.29) is 12.3 Å². The SMILES string of the molecule is O=C(CNC(=O)c1ccccc1Br)N/N=C\c1cc(Br)cc(Br)c1OC(=O)c1ccccc1. The molecular weight excluding hydrogens is 622 g/mol. The molecule has 2 N–H and O–H groups in total. The number of carbonyl (C=O) groups is 3. The van der Waals surface area contributed by atoms with Crippen molar-refractivity contribution < 1.29 is 19.1 Å². The first-order chi connectivity index (χ1) is 15.8. The van der Waals surface area contributed by atoms with Gasteiger partial charge in [-0.2, -0.15) is 5.10 Å². The van der Waals surface area contributed by atoms with Crippen LogP contribution in [0.25, 0.3) is 0 Å². The highest BCUT2D eigenvalue weighted by Crippen LogP contribution is 2.32. The van der Waals surface area contributed by atoms with Crippen molar-refractivity contribution in [2.45, 2.75) is 0 Å². The third kappa shape index (κ3) is 7.08. The Kier molecular flexibility index (Phi) is 8.93. The summed E-state index contributed by atoms with van der Waals surface area (Å²) in [6.07, 6.45) is 1.34. The second-order valence-corrected chi connectivity index (χ2v) is 9.14. The predicted molar refractivity (Wildman–Crippen MR) is 135 cm³/mol. The maximum absolute atomic E-state index is 12.5. The number of nitrogens with one attached hydrogen (secondary N) is 2. The van der Waals surface area contributed by atoms with Crippen LogP contribution in [0.4, 0.5) is 0 Å². The van der Waals surface area contributed by atoms with Crippen molar-refractivity contribution in [3.8, 4) is 5.75 Å². The molecule has 168 valence electrons. The molecule has 0 aliphatic heterocycles. The number of ether oxygens (including phenoxy) is 1. The first kappa shape index (κ1) is 24.8. The summed E-state index contributed by atoms with van der Waals surface area (Å²) in [6, 6.07) is 18.8. The van der Waals surface area contributed by atoms with Gasteiger partial charge in [0.2, 0.25) is 0 Å². The number of carbonyl (C=O) groups excluding carboxylic acids is 3. The van der Waals surface area contributed by atoms with Crippen LogP contribution >= 0.6 is 47.8 Å². The molecule has 0 aliphatic carbocycles. The van der Waals surface area contributed by atoms with E-state index in [1.54, 1.807) is 66.7 Å². The van der Waals surface area contributed by atoms with Gasteiger partial charge in [0.1, 0.15) is 0 Å². The van der Waals surface area contributed by atoms with Gasteiger partial charge in [0, 0.05) is 14.5 Å². The molecule has 10 heteroatoms. The van der Waals surface area contributed by atoms with Crippen LogP contribution in [0.1, 0.15) is 26.3 Å². The minimum Gasteiger partial charge on any atom is -0.421 e. The highest BCUT2D eigenvalue weighted by Gasteiger charge is 2.15. The van der Waals surface area contributed by atoms with Gasteiger partial charge in [0.25, 0.3) is 11.8 Å². The lowest BCUT2D eigenvalue weighted by molar-refractivity contribution is -0.120. The number of benzene rings is 3. The molecule has 2 amide bonds. The standard InChI is InChI=1S/C23H16Br3N3O4/c24-16-10-15(21(19(26)11-16)33-23(32)14-6-2-1-3-7-14)12-28-29-20(30)13-27-22(31)17-8-4-5-9-18(17)25/h1-12H,13H2,(H,27,31)(H,29,30)/b28-12-. The molecule has 0 fully saturated rings. The van der Waals surface area contributed by atoms with E-state index in [4.69, 9.17) is 4.74 Å². The molecule has 0 radical (unpaired) electrons. The number of nitrogens with zero attached hydrogens (tertiary/aromatic N) is 1. The van der Waals surface area contributed by atoms with E-state index in [1.165, 1.54) is 6.21 Å².